The third-order valence-corrected chi connectivity index (χ3v) is 1.75. The third-order valence-electron chi connectivity index (χ3n) is 1.75. The molecule has 1 fully saturated rings. The molecule has 54 valence electrons. The first kappa shape index (κ1) is 6.92. The molecule has 1 unspecified atom stereocenters. The van der Waals surface area contributed by atoms with Gasteiger partial charge in [0.15, 0.2) is 0 Å². The van der Waals surface area contributed by atoms with Crippen LogP contribution in [0.4, 0.5) is 4.39 Å². The zero-order valence-corrected chi connectivity index (χ0v) is 5.00. The Balaban J connectivity index is 2.54. The fourth-order valence-electron chi connectivity index (χ4n) is 1.06. The van der Waals surface area contributed by atoms with E-state index in [-0.39, 0.29) is 6.42 Å². The fourth-order valence-corrected chi connectivity index (χ4v) is 1.06. The van der Waals surface area contributed by atoms with E-state index < -0.39 is 24.4 Å². The van der Waals surface area contributed by atoms with Crippen LogP contribution in [0.2, 0.25) is 0 Å². The average Bonchev–Trinajstić information content (AvgIpc) is 1.98. The second-order valence-corrected chi connectivity index (χ2v) is 2.48. The van der Waals surface area contributed by atoms with Gasteiger partial charge in [-0.1, -0.05) is 0 Å². The van der Waals surface area contributed by atoms with Crippen molar-refractivity contribution in [3.05, 3.63) is 0 Å². The molecule has 5 N–H and O–H groups in total. The maximum Gasteiger partial charge on any atom is 0.119 e. The topological polar surface area (TPSA) is 72.3 Å². The SMILES string of the molecule is NC1[C@@H](F)C[C@H](N)[C@H]1O. The van der Waals surface area contributed by atoms with Gasteiger partial charge in [-0.05, 0) is 6.42 Å². The van der Waals surface area contributed by atoms with E-state index in [1.54, 1.807) is 0 Å². The van der Waals surface area contributed by atoms with Crippen molar-refractivity contribution in [1.82, 2.24) is 0 Å². The van der Waals surface area contributed by atoms with Crippen molar-refractivity contribution in [3.8, 4) is 0 Å². The van der Waals surface area contributed by atoms with E-state index in [9.17, 15) is 4.39 Å². The minimum atomic E-state index is -1.13. The number of nitrogens with two attached hydrogens (primary N) is 2. The van der Waals surface area contributed by atoms with Gasteiger partial charge in [0.25, 0.3) is 0 Å². The maximum atomic E-state index is 12.5. The highest BCUT2D eigenvalue weighted by molar-refractivity contribution is 4.96. The molecule has 0 aromatic carbocycles. The summed E-state index contributed by atoms with van der Waals surface area (Å²) in [6.45, 7) is 0. The summed E-state index contributed by atoms with van der Waals surface area (Å²) in [6.07, 6.45) is -1.81. The van der Waals surface area contributed by atoms with E-state index in [0.717, 1.165) is 0 Å². The second kappa shape index (κ2) is 2.21. The third kappa shape index (κ3) is 1.05. The summed E-state index contributed by atoms with van der Waals surface area (Å²) >= 11 is 0. The zero-order chi connectivity index (χ0) is 7.02. The molecular weight excluding hydrogens is 123 g/mol. The van der Waals surface area contributed by atoms with Crippen LogP contribution in [0.15, 0.2) is 0 Å². The van der Waals surface area contributed by atoms with Gasteiger partial charge in [0.1, 0.15) is 6.17 Å². The Morgan fingerprint density at radius 1 is 1.44 bits per heavy atom. The minimum absolute atomic E-state index is 0.183. The maximum absolute atomic E-state index is 12.5. The van der Waals surface area contributed by atoms with Crippen LogP contribution < -0.4 is 11.5 Å². The number of hydrogen-bond acceptors (Lipinski definition) is 3. The number of hydrogen-bond donors (Lipinski definition) is 3. The van der Waals surface area contributed by atoms with Gasteiger partial charge in [0.2, 0.25) is 0 Å². The summed E-state index contributed by atoms with van der Waals surface area (Å²) in [5.74, 6) is 0. The predicted molar refractivity (Wildman–Crippen MR) is 31.5 cm³/mol. The van der Waals surface area contributed by atoms with Crippen molar-refractivity contribution in [1.29, 1.82) is 0 Å². The Labute approximate surface area is 52.8 Å². The van der Waals surface area contributed by atoms with Crippen molar-refractivity contribution in [2.24, 2.45) is 11.5 Å². The molecule has 4 atom stereocenters. The lowest BCUT2D eigenvalue weighted by atomic mass is 10.2. The molecule has 0 spiro atoms. The Bertz CT molecular complexity index is 99.1. The van der Waals surface area contributed by atoms with Crippen LogP contribution in [-0.4, -0.2) is 29.5 Å². The average molecular weight is 134 g/mol. The van der Waals surface area contributed by atoms with Crippen LogP contribution >= 0.6 is 0 Å². The predicted octanol–water partition coefficient (Wildman–Crippen LogP) is -1.26. The van der Waals surface area contributed by atoms with Crippen LogP contribution in [0.3, 0.4) is 0 Å². The molecule has 0 saturated heterocycles. The Morgan fingerprint density at radius 3 is 2.11 bits per heavy atom. The first-order chi connectivity index (χ1) is 4.13. The highest BCUT2D eigenvalue weighted by Gasteiger charge is 2.38. The molecule has 3 nitrogen and oxygen atoms in total. The summed E-state index contributed by atoms with van der Waals surface area (Å²) in [7, 11) is 0. The van der Waals surface area contributed by atoms with E-state index in [2.05, 4.69) is 0 Å². The van der Waals surface area contributed by atoms with Crippen molar-refractivity contribution >= 4 is 0 Å². The van der Waals surface area contributed by atoms with Crippen molar-refractivity contribution in [2.75, 3.05) is 0 Å². The monoisotopic (exact) mass is 134 g/mol. The fraction of sp³-hybridized carbons (Fsp3) is 1.00. The van der Waals surface area contributed by atoms with Gasteiger partial charge in [-0.2, -0.15) is 0 Å². The van der Waals surface area contributed by atoms with Gasteiger partial charge < -0.3 is 16.6 Å². The van der Waals surface area contributed by atoms with E-state index in [0.29, 0.717) is 0 Å². The Morgan fingerprint density at radius 2 is 2.00 bits per heavy atom. The van der Waals surface area contributed by atoms with Gasteiger partial charge in [-0.3, -0.25) is 0 Å². The van der Waals surface area contributed by atoms with Gasteiger partial charge in [-0.25, -0.2) is 4.39 Å². The van der Waals surface area contributed by atoms with E-state index >= 15 is 0 Å². The highest BCUT2D eigenvalue weighted by atomic mass is 19.1. The lowest BCUT2D eigenvalue weighted by Gasteiger charge is -2.11. The molecule has 0 bridgehead atoms. The van der Waals surface area contributed by atoms with Crippen molar-refractivity contribution < 1.29 is 9.50 Å². The molecule has 1 aliphatic rings. The molecule has 4 heteroatoms. The number of aliphatic hydroxyl groups excluding tert-OH is 1. The Hall–Kier alpha value is -0.190. The van der Waals surface area contributed by atoms with Crippen LogP contribution in [0.1, 0.15) is 6.42 Å². The smallest absolute Gasteiger partial charge is 0.119 e. The lowest BCUT2D eigenvalue weighted by molar-refractivity contribution is 0.136. The molecular formula is C5H11FN2O. The largest absolute Gasteiger partial charge is 0.390 e. The summed E-state index contributed by atoms with van der Waals surface area (Å²) in [5, 5.41) is 8.95. The molecule has 0 aliphatic heterocycles. The van der Waals surface area contributed by atoms with Gasteiger partial charge >= 0.3 is 0 Å². The number of alkyl halides is 1. The normalized spacial score (nSPS) is 52.0. The summed E-state index contributed by atoms with van der Waals surface area (Å²) < 4.78 is 12.5. The molecule has 0 aromatic rings. The molecule has 1 rings (SSSR count). The molecule has 1 saturated carbocycles. The van der Waals surface area contributed by atoms with Crippen LogP contribution in [-0.2, 0) is 0 Å². The number of aliphatic hydroxyl groups is 1. The molecule has 0 radical (unpaired) electrons. The first-order valence-electron chi connectivity index (χ1n) is 2.96. The first-order valence-corrected chi connectivity index (χ1v) is 2.96. The molecule has 0 aromatic heterocycles. The highest BCUT2D eigenvalue weighted by Crippen LogP contribution is 2.19. The van der Waals surface area contributed by atoms with Crippen molar-refractivity contribution in [2.45, 2.75) is 30.8 Å². The van der Waals surface area contributed by atoms with E-state index in [4.69, 9.17) is 16.6 Å². The number of halogens is 1. The van der Waals surface area contributed by atoms with Crippen LogP contribution in [0.25, 0.3) is 0 Å². The zero-order valence-electron chi connectivity index (χ0n) is 5.00. The quantitative estimate of drug-likeness (QED) is 0.387. The summed E-state index contributed by atoms with van der Waals surface area (Å²) in [6, 6.07) is -1.25. The summed E-state index contributed by atoms with van der Waals surface area (Å²) in [5.41, 5.74) is 10.5. The van der Waals surface area contributed by atoms with Crippen LogP contribution in [0.5, 0.6) is 0 Å². The number of rotatable bonds is 0. The van der Waals surface area contributed by atoms with E-state index in [1.165, 1.54) is 0 Å². The van der Waals surface area contributed by atoms with Gasteiger partial charge in [0.05, 0.1) is 12.1 Å². The van der Waals surface area contributed by atoms with E-state index in [1.807, 2.05) is 0 Å². The van der Waals surface area contributed by atoms with Gasteiger partial charge in [-0.15, -0.1) is 0 Å². The van der Waals surface area contributed by atoms with Crippen molar-refractivity contribution in [3.63, 3.8) is 0 Å². The molecule has 9 heavy (non-hydrogen) atoms. The minimum Gasteiger partial charge on any atom is -0.390 e. The summed E-state index contributed by atoms with van der Waals surface area (Å²) in [4.78, 5) is 0. The second-order valence-electron chi connectivity index (χ2n) is 2.48. The van der Waals surface area contributed by atoms with Crippen LogP contribution in [0, 0.1) is 0 Å². The lowest BCUT2D eigenvalue weighted by Crippen LogP contribution is -2.41. The molecule has 0 heterocycles. The Kier molecular flexibility index (Phi) is 1.70. The standard InChI is InChI=1S/C5H11FN2O/c6-2-1-3(7)5(9)4(2)8/h2-5,9H,1,7-8H2/t2-,3-,4?,5+/m0/s1. The van der Waals surface area contributed by atoms with Gasteiger partial charge in [0, 0.05) is 6.04 Å². The molecule has 0 amide bonds. The molecule has 1 aliphatic carbocycles.